The maximum Gasteiger partial charge on any atom is 0.419 e. The first kappa shape index (κ1) is 25.3. The molecule has 1 aromatic rings. The van der Waals surface area contributed by atoms with Crippen LogP contribution in [0.4, 0.5) is 23.4 Å². The molecule has 5 fully saturated rings. The number of hydrogen-bond acceptors (Lipinski definition) is 6. The molecule has 6 rings (SSSR count). The number of hydrogen-bond donors (Lipinski definition) is 1. The predicted molar refractivity (Wildman–Crippen MR) is 126 cm³/mol. The summed E-state index contributed by atoms with van der Waals surface area (Å²) in [5.41, 5.74) is -1.69. The fourth-order valence-electron chi connectivity index (χ4n) is 7.87. The van der Waals surface area contributed by atoms with Crippen molar-refractivity contribution < 1.29 is 31.8 Å². The zero-order valence-corrected chi connectivity index (χ0v) is 21.0. The number of amides is 1. The van der Waals surface area contributed by atoms with Gasteiger partial charge < -0.3 is 24.6 Å². The number of nitrogens with one attached hydrogen (secondary N) is 1. The Kier molecular flexibility index (Phi) is 6.39. The molecule has 1 amide bonds. The van der Waals surface area contributed by atoms with Gasteiger partial charge in [0.05, 0.1) is 35.8 Å². The van der Waals surface area contributed by atoms with E-state index in [2.05, 4.69) is 10.3 Å². The number of fused-ring (bicyclic) bond motifs is 3. The van der Waals surface area contributed by atoms with Gasteiger partial charge in [0.25, 0.3) is 0 Å². The molecule has 37 heavy (non-hydrogen) atoms. The molecule has 11 heteroatoms. The standard InChI is InChI=1S/C26H34F4N4O3/c1-36-21-14-37-8-5-20(21)32-16-9-15-3-2-6-25(15,11-16)24(35)34-13-17-10-18(34)12-33(17)23-22(27)19(4-7-31-23)26(28,29)30/h4,7,15-18,20-21,32H,2-3,5-6,8-14H2,1H3/t15-,16-,17-,18+,20+,21-,25-/m1/s1. The fourth-order valence-corrected chi connectivity index (χ4v) is 7.87. The van der Waals surface area contributed by atoms with Gasteiger partial charge in [0.15, 0.2) is 11.6 Å². The average Bonchev–Trinajstić information content (AvgIpc) is 3.63. The third-order valence-corrected chi connectivity index (χ3v) is 9.57. The highest BCUT2D eigenvalue weighted by Gasteiger charge is 2.59. The van der Waals surface area contributed by atoms with E-state index >= 15 is 0 Å². The van der Waals surface area contributed by atoms with E-state index in [9.17, 15) is 22.4 Å². The summed E-state index contributed by atoms with van der Waals surface area (Å²) >= 11 is 0. The zero-order valence-electron chi connectivity index (χ0n) is 21.0. The van der Waals surface area contributed by atoms with Gasteiger partial charge in [-0.2, -0.15) is 13.2 Å². The number of rotatable bonds is 5. The molecular weight excluding hydrogens is 492 g/mol. The zero-order chi connectivity index (χ0) is 25.9. The Balaban J connectivity index is 1.15. The van der Waals surface area contributed by atoms with Crippen LogP contribution in [-0.2, 0) is 20.4 Å². The van der Waals surface area contributed by atoms with Gasteiger partial charge in [0.2, 0.25) is 5.91 Å². The quantitative estimate of drug-likeness (QED) is 0.594. The lowest BCUT2D eigenvalue weighted by Gasteiger charge is -2.40. The monoisotopic (exact) mass is 526 g/mol. The molecule has 3 saturated heterocycles. The van der Waals surface area contributed by atoms with Crippen molar-refractivity contribution in [3.63, 3.8) is 0 Å². The second-order valence-corrected chi connectivity index (χ2v) is 11.4. The Morgan fingerprint density at radius 1 is 1.24 bits per heavy atom. The van der Waals surface area contributed by atoms with E-state index < -0.39 is 17.6 Å². The summed E-state index contributed by atoms with van der Waals surface area (Å²) in [5, 5.41) is 3.78. The summed E-state index contributed by atoms with van der Waals surface area (Å²) in [6.45, 7) is 1.98. The van der Waals surface area contributed by atoms with Gasteiger partial charge in [-0.05, 0) is 50.5 Å². The van der Waals surface area contributed by atoms with Gasteiger partial charge in [-0.3, -0.25) is 4.79 Å². The number of halogens is 4. The number of carbonyl (C=O) groups excluding carboxylic acids is 1. The number of methoxy groups -OCH3 is 1. The Bertz CT molecular complexity index is 1040. The van der Waals surface area contributed by atoms with Crippen LogP contribution in [0.2, 0.25) is 0 Å². The second kappa shape index (κ2) is 9.34. The maximum atomic E-state index is 14.8. The first-order valence-electron chi connectivity index (χ1n) is 13.4. The number of alkyl halides is 3. The Labute approximate surface area is 213 Å². The highest BCUT2D eigenvalue weighted by atomic mass is 19.4. The van der Waals surface area contributed by atoms with Crippen molar-refractivity contribution in [2.45, 2.75) is 81.4 Å². The first-order valence-corrected chi connectivity index (χ1v) is 13.4. The molecule has 204 valence electrons. The first-order chi connectivity index (χ1) is 17.7. The summed E-state index contributed by atoms with van der Waals surface area (Å²) in [4.78, 5) is 21.6. The molecule has 1 aromatic heterocycles. The largest absolute Gasteiger partial charge is 0.419 e. The van der Waals surface area contributed by atoms with Crippen molar-refractivity contribution in [2.75, 3.05) is 38.3 Å². The summed E-state index contributed by atoms with van der Waals surface area (Å²) in [6, 6.07) is 0.762. The summed E-state index contributed by atoms with van der Waals surface area (Å²) < 4.78 is 65.6. The van der Waals surface area contributed by atoms with Crippen LogP contribution in [0.5, 0.6) is 0 Å². The minimum Gasteiger partial charge on any atom is -0.379 e. The van der Waals surface area contributed by atoms with Crippen molar-refractivity contribution in [2.24, 2.45) is 11.3 Å². The lowest BCUT2D eigenvalue weighted by Crippen LogP contribution is -2.54. The van der Waals surface area contributed by atoms with Gasteiger partial charge in [-0.15, -0.1) is 0 Å². The number of nitrogens with zero attached hydrogens (tertiary/aromatic N) is 3. The van der Waals surface area contributed by atoms with Crippen molar-refractivity contribution in [3.05, 3.63) is 23.6 Å². The van der Waals surface area contributed by atoms with E-state index in [1.807, 2.05) is 4.90 Å². The van der Waals surface area contributed by atoms with E-state index in [-0.39, 0.29) is 47.4 Å². The highest BCUT2D eigenvalue weighted by Crippen LogP contribution is 2.56. The molecule has 2 saturated carbocycles. The number of piperazine rings is 1. The van der Waals surface area contributed by atoms with Crippen molar-refractivity contribution in [1.29, 1.82) is 0 Å². The van der Waals surface area contributed by atoms with E-state index in [1.165, 1.54) is 0 Å². The second-order valence-electron chi connectivity index (χ2n) is 11.4. The van der Waals surface area contributed by atoms with Crippen LogP contribution in [-0.4, -0.2) is 79.5 Å². The molecule has 0 radical (unpaired) electrons. The molecular formula is C26H34F4N4O3. The number of carbonyl (C=O) groups is 1. The van der Waals surface area contributed by atoms with Gasteiger partial charge in [0, 0.05) is 45.1 Å². The number of aromatic nitrogens is 1. The van der Waals surface area contributed by atoms with Crippen LogP contribution in [0.3, 0.4) is 0 Å². The summed E-state index contributed by atoms with van der Waals surface area (Å²) in [7, 11) is 1.70. The maximum absolute atomic E-state index is 14.8. The smallest absolute Gasteiger partial charge is 0.379 e. The lowest BCUT2D eigenvalue weighted by atomic mass is 9.78. The van der Waals surface area contributed by atoms with E-state index in [0.29, 0.717) is 44.7 Å². The van der Waals surface area contributed by atoms with E-state index in [0.717, 1.165) is 44.7 Å². The number of ether oxygens (including phenoxy) is 2. The number of pyridine rings is 1. The summed E-state index contributed by atoms with van der Waals surface area (Å²) in [5.74, 6) is -1.09. The van der Waals surface area contributed by atoms with Crippen molar-refractivity contribution in [3.8, 4) is 0 Å². The Morgan fingerprint density at radius 3 is 2.81 bits per heavy atom. The molecule has 2 aliphatic carbocycles. The molecule has 0 unspecified atom stereocenters. The van der Waals surface area contributed by atoms with Crippen LogP contribution >= 0.6 is 0 Å². The van der Waals surface area contributed by atoms with Crippen LogP contribution in [0, 0.1) is 17.2 Å². The summed E-state index contributed by atoms with van der Waals surface area (Å²) in [6.07, 6.45) is 2.46. The van der Waals surface area contributed by atoms with E-state index in [1.54, 1.807) is 12.0 Å². The van der Waals surface area contributed by atoms with Gasteiger partial charge in [-0.25, -0.2) is 9.37 Å². The Morgan fingerprint density at radius 2 is 2.08 bits per heavy atom. The van der Waals surface area contributed by atoms with Crippen LogP contribution < -0.4 is 10.2 Å². The fraction of sp³-hybridized carbons (Fsp3) is 0.769. The van der Waals surface area contributed by atoms with Gasteiger partial charge in [-0.1, -0.05) is 6.42 Å². The van der Waals surface area contributed by atoms with Crippen molar-refractivity contribution in [1.82, 2.24) is 15.2 Å². The van der Waals surface area contributed by atoms with Crippen LogP contribution in [0.15, 0.2) is 12.3 Å². The van der Waals surface area contributed by atoms with E-state index in [4.69, 9.17) is 9.47 Å². The van der Waals surface area contributed by atoms with Gasteiger partial charge in [0.1, 0.15) is 0 Å². The number of likely N-dealkylation sites (tertiary alicyclic amines) is 1. The topological polar surface area (TPSA) is 66.9 Å². The molecule has 7 nitrogen and oxygen atoms in total. The molecule has 2 bridgehead atoms. The lowest BCUT2D eigenvalue weighted by molar-refractivity contribution is -0.144. The molecule has 0 aromatic carbocycles. The average molecular weight is 527 g/mol. The molecule has 3 aliphatic heterocycles. The third-order valence-electron chi connectivity index (χ3n) is 9.57. The highest BCUT2D eigenvalue weighted by molar-refractivity contribution is 5.85. The number of anilines is 1. The van der Waals surface area contributed by atoms with Crippen molar-refractivity contribution >= 4 is 11.7 Å². The SMILES string of the molecule is CO[C@@H]1COCC[C@@H]1N[C@@H]1C[C@H]2CCC[C@@]2(C(=O)N2C[C@H]3C[C@H]2CN3c2nccc(C(F)(F)F)c2F)C1. The predicted octanol–water partition coefficient (Wildman–Crippen LogP) is 3.37. The van der Waals surface area contributed by atoms with Gasteiger partial charge >= 0.3 is 6.18 Å². The molecule has 4 heterocycles. The molecule has 5 aliphatic rings. The molecule has 1 N–H and O–H groups in total. The third kappa shape index (κ3) is 4.21. The van der Waals surface area contributed by atoms with Crippen LogP contribution in [0.1, 0.15) is 50.5 Å². The normalized spacial score (nSPS) is 37.4. The van der Waals surface area contributed by atoms with Crippen LogP contribution in [0.25, 0.3) is 0 Å². The molecule has 7 atom stereocenters. The minimum absolute atomic E-state index is 0.00555. The minimum atomic E-state index is -4.78. The Hall–Kier alpha value is -1.98. The molecule has 0 spiro atoms.